The van der Waals surface area contributed by atoms with E-state index in [-0.39, 0.29) is 17.0 Å². The van der Waals surface area contributed by atoms with E-state index in [1.807, 2.05) is 17.0 Å². The summed E-state index contributed by atoms with van der Waals surface area (Å²) in [6.07, 6.45) is 4.32. The van der Waals surface area contributed by atoms with Gasteiger partial charge in [-0.05, 0) is 36.8 Å². The Morgan fingerprint density at radius 2 is 2.03 bits per heavy atom. The van der Waals surface area contributed by atoms with Crippen LogP contribution in [0.25, 0.3) is 0 Å². The average molecular weight is 515 g/mol. The van der Waals surface area contributed by atoms with Crippen molar-refractivity contribution in [1.29, 1.82) is 0 Å². The highest BCUT2D eigenvalue weighted by atomic mass is 35.5. The Bertz CT molecular complexity index is 1210. The van der Waals surface area contributed by atoms with E-state index in [9.17, 15) is 4.79 Å². The van der Waals surface area contributed by atoms with E-state index in [4.69, 9.17) is 40.5 Å². The van der Waals surface area contributed by atoms with Gasteiger partial charge in [-0.25, -0.2) is 9.97 Å². The molecule has 31 heavy (non-hydrogen) atoms. The van der Waals surface area contributed by atoms with Crippen molar-refractivity contribution in [3.05, 3.63) is 59.8 Å². The highest BCUT2D eigenvalue weighted by molar-refractivity contribution is 7.99. The lowest BCUT2D eigenvalue weighted by Crippen LogP contribution is -2.46. The molecule has 0 bridgehead atoms. The first-order valence-electron chi connectivity index (χ1n) is 9.73. The second-order valence-corrected chi connectivity index (χ2v) is 11.4. The molecule has 0 saturated carbocycles. The van der Waals surface area contributed by atoms with Crippen LogP contribution in [0, 0.1) is 5.41 Å². The predicted molar refractivity (Wildman–Crippen MR) is 127 cm³/mol. The molecule has 3 heterocycles. The number of nitrogens with one attached hydrogen (secondary N) is 1. The fraction of sp³-hybridized carbons (Fsp3) is 0.350. The summed E-state index contributed by atoms with van der Waals surface area (Å²) in [5.41, 5.74) is 7.27. The Kier molecular flexibility index (Phi) is 5.73. The topological polar surface area (TPSA) is 87.9 Å². The maximum Gasteiger partial charge on any atom is 0.291 e. The maximum absolute atomic E-state index is 12.8. The number of thiazole rings is 1. The fourth-order valence-corrected chi connectivity index (χ4v) is 7.07. The largest absolute Gasteiger partial charge is 0.352 e. The predicted octanol–water partition coefficient (Wildman–Crippen LogP) is 5.18. The van der Waals surface area contributed by atoms with E-state index < -0.39 is 0 Å². The van der Waals surface area contributed by atoms with E-state index in [1.165, 1.54) is 28.0 Å². The number of H-pyrrole nitrogens is 1. The van der Waals surface area contributed by atoms with Crippen molar-refractivity contribution < 1.29 is 0 Å². The van der Waals surface area contributed by atoms with Gasteiger partial charge in [-0.3, -0.25) is 4.79 Å². The van der Waals surface area contributed by atoms with Crippen LogP contribution in [0.2, 0.25) is 14.5 Å². The second kappa shape index (κ2) is 8.24. The van der Waals surface area contributed by atoms with Gasteiger partial charge in [0.2, 0.25) is 0 Å². The molecule has 1 aliphatic heterocycles. The minimum absolute atomic E-state index is 0.0128. The van der Waals surface area contributed by atoms with Gasteiger partial charge in [0.05, 0.1) is 33.0 Å². The van der Waals surface area contributed by atoms with Gasteiger partial charge in [0.1, 0.15) is 0 Å². The molecule has 1 aliphatic carbocycles. The van der Waals surface area contributed by atoms with Crippen molar-refractivity contribution in [2.45, 2.75) is 35.2 Å². The van der Waals surface area contributed by atoms with Gasteiger partial charge < -0.3 is 15.6 Å². The molecule has 0 unspecified atom stereocenters. The highest BCUT2D eigenvalue weighted by Crippen LogP contribution is 2.52. The number of fused-ring (bicyclic) bond motifs is 1. The zero-order chi connectivity index (χ0) is 21.8. The molecule has 11 heteroatoms. The first-order valence-corrected chi connectivity index (χ1v) is 12.5. The molecule has 1 saturated heterocycles. The van der Waals surface area contributed by atoms with Crippen LogP contribution in [0.3, 0.4) is 0 Å². The molecule has 0 radical (unpaired) electrons. The van der Waals surface area contributed by atoms with Crippen molar-refractivity contribution in [3.8, 4) is 0 Å². The number of piperidine rings is 1. The van der Waals surface area contributed by atoms with Gasteiger partial charge in [0.15, 0.2) is 10.3 Å². The first kappa shape index (κ1) is 21.6. The first-order chi connectivity index (χ1) is 14.9. The third-order valence-corrected chi connectivity index (χ3v) is 9.20. The normalized spacial score (nSPS) is 19.7. The summed E-state index contributed by atoms with van der Waals surface area (Å²) in [6.45, 7) is 1.44. The molecule has 2 aliphatic rings. The molecule has 1 aromatic carbocycles. The number of hydrogen-bond donors (Lipinski definition) is 2. The summed E-state index contributed by atoms with van der Waals surface area (Å²) in [6, 6.07) is 5.28. The van der Waals surface area contributed by atoms with Crippen molar-refractivity contribution in [2.75, 3.05) is 18.0 Å². The van der Waals surface area contributed by atoms with Crippen LogP contribution in [0.5, 0.6) is 0 Å². The molecular formula is C20H18Cl3N5OS2. The van der Waals surface area contributed by atoms with Crippen LogP contribution in [-0.4, -0.2) is 28.0 Å². The quantitative estimate of drug-likeness (QED) is 0.501. The molecule has 1 spiro atoms. The Hall–Kier alpha value is -1.29. The number of anilines is 1. The monoisotopic (exact) mass is 513 g/mol. The van der Waals surface area contributed by atoms with Crippen LogP contribution < -0.4 is 16.2 Å². The highest BCUT2D eigenvalue weighted by Gasteiger charge is 2.48. The van der Waals surface area contributed by atoms with Crippen molar-refractivity contribution >= 4 is 63.7 Å². The number of aromatic amines is 1. The maximum atomic E-state index is 12.8. The van der Waals surface area contributed by atoms with E-state index in [0.29, 0.717) is 25.4 Å². The number of rotatable bonds is 3. The van der Waals surface area contributed by atoms with E-state index in [0.717, 1.165) is 42.9 Å². The summed E-state index contributed by atoms with van der Waals surface area (Å²) >= 11 is 21.2. The second-order valence-electron chi connectivity index (χ2n) is 7.83. The fourth-order valence-electron chi connectivity index (χ4n) is 4.41. The summed E-state index contributed by atoms with van der Waals surface area (Å²) in [7, 11) is 0. The van der Waals surface area contributed by atoms with Crippen LogP contribution in [-0.2, 0) is 6.42 Å². The number of halogens is 3. The molecule has 5 rings (SSSR count). The number of nitrogens with zero attached hydrogens (tertiary/aromatic N) is 3. The SMILES string of the molecule is N[C@@H]1c2nc(Cl)sc2CC12CCN(c1ncc(Sc3cccc(Cl)c3Cl)[nH]c1=O)CC2. The van der Waals surface area contributed by atoms with E-state index in [2.05, 4.69) is 15.0 Å². The summed E-state index contributed by atoms with van der Waals surface area (Å²) in [5, 5.41) is 1.53. The Labute approximate surface area is 202 Å². The Morgan fingerprint density at radius 3 is 2.74 bits per heavy atom. The smallest absolute Gasteiger partial charge is 0.291 e. The lowest BCUT2D eigenvalue weighted by atomic mass is 9.73. The Morgan fingerprint density at radius 1 is 1.26 bits per heavy atom. The van der Waals surface area contributed by atoms with E-state index in [1.54, 1.807) is 12.3 Å². The minimum Gasteiger partial charge on any atom is -0.352 e. The number of aromatic nitrogens is 3. The van der Waals surface area contributed by atoms with Gasteiger partial charge in [0.25, 0.3) is 5.56 Å². The van der Waals surface area contributed by atoms with Crippen molar-refractivity contribution in [3.63, 3.8) is 0 Å². The molecule has 6 nitrogen and oxygen atoms in total. The van der Waals surface area contributed by atoms with Crippen LogP contribution >= 0.6 is 57.9 Å². The summed E-state index contributed by atoms with van der Waals surface area (Å²) in [5.74, 6) is 0.430. The lowest BCUT2D eigenvalue weighted by molar-refractivity contribution is 0.186. The minimum atomic E-state index is -0.220. The summed E-state index contributed by atoms with van der Waals surface area (Å²) in [4.78, 5) is 28.5. The number of benzene rings is 1. The van der Waals surface area contributed by atoms with Crippen LogP contribution in [0.4, 0.5) is 5.82 Å². The van der Waals surface area contributed by atoms with Gasteiger partial charge in [-0.15, -0.1) is 11.3 Å². The molecule has 2 aromatic heterocycles. The lowest BCUT2D eigenvalue weighted by Gasteiger charge is -2.42. The standard InChI is InChI=1S/C20H18Cl3N5OS2/c21-10-2-1-3-11(14(10)22)30-13-9-25-17(18(29)26-13)28-6-4-20(5-7-28)8-12-15(16(20)24)27-19(23)31-12/h1-3,9,16H,4-8,24H2,(H,26,29)/t16-/m1/s1. The average Bonchev–Trinajstić information content (AvgIpc) is 3.21. The zero-order valence-electron chi connectivity index (χ0n) is 16.2. The van der Waals surface area contributed by atoms with Gasteiger partial charge in [-0.2, -0.15) is 0 Å². The Balaban J connectivity index is 1.29. The molecule has 3 aromatic rings. The molecule has 162 valence electrons. The van der Waals surface area contributed by atoms with Crippen LogP contribution in [0.1, 0.15) is 29.5 Å². The van der Waals surface area contributed by atoms with Gasteiger partial charge >= 0.3 is 0 Å². The summed E-state index contributed by atoms with van der Waals surface area (Å²) < 4.78 is 0.556. The van der Waals surface area contributed by atoms with Crippen molar-refractivity contribution in [1.82, 2.24) is 15.0 Å². The van der Waals surface area contributed by atoms with E-state index >= 15 is 0 Å². The molecule has 1 fully saturated rings. The van der Waals surface area contributed by atoms with Gasteiger partial charge in [-0.1, -0.05) is 52.6 Å². The molecule has 0 amide bonds. The number of hydrogen-bond acceptors (Lipinski definition) is 7. The van der Waals surface area contributed by atoms with Crippen LogP contribution in [0.15, 0.2) is 39.1 Å². The molecule has 3 N–H and O–H groups in total. The molecular weight excluding hydrogens is 497 g/mol. The van der Waals surface area contributed by atoms with Gasteiger partial charge in [0, 0.05) is 22.9 Å². The number of nitrogens with two attached hydrogens (primary N) is 1. The third-order valence-electron chi connectivity index (χ3n) is 6.11. The van der Waals surface area contributed by atoms with Crippen molar-refractivity contribution in [2.24, 2.45) is 11.1 Å². The molecule has 1 atom stereocenters. The third kappa shape index (κ3) is 3.87. The zero-order valence-corrected chi connectivity index (χ0v) is 20.1.